The Morgan fingerprint density at radius 1 is 1.50 bits per heavy atom. The molecule has 2 rings (SSSR count). The number of carbonyl (C=O) groups is 1. The Balaban J connectivity index is 2.43. The Bertz CT molecular complexity index is 640. The van der Waals surface area contributed by atoms with Crippen molar-refractivity contribution in [3.63, 3.8) is 0 Å². The molecular weight excluding hydrogens is 267 g/mol. The third kappa shape index (κ3) is 2.69. The molecule has 0 radical (unpaired) electrons. The van der Waals surface area contributed by atoms with Crippen molar-refractivity contribution < 1.29 is 9.18 Å². The molecule has 0 bridgehead atoms. The highest BCUT2D eigenvalue weighted by Gasteiger charge is 2.18. The van der Waals surface area contributed by atoms with Crippen LogP contribution in [0.25, 0.3) is 11.5 Å². The molecule has 20 heavy (non-hydrogen) atoms. The lowest BCUT2D eigenvalue weighted by Gasteiger charge is -2.05. The molecule has 0 saturated heterocycles. The summed E-state index contributed by atoms with van der Waals surface area (Å²) in [5.74, 6) is -1.42. The first-order valence-corrected chi connectivity index (χ1v) is 5.70. The molecule has 2 aromatic rings. The van der Waals surface area contributed by atoms with E-state index in [0.29, 0.717) is 13.1 Å². The number of nitrogens with one attached hydrogen (secondary N) is 1. The van der Waals surface area contributed by atoms with Crippen LogP contribution in [-0.4, -0.2) is 43.7 Å². The van der Waals surface area contributed by atoms with E-state index in [2.05, 4.69) is 25.4 Å². The Morgan fingerprint density at radius 3 is 2.85 bits per heavy atom. The van der Waals surface area contributed by atoms with Gasteiger partial charge in [-0.2, -0.15) is 0 Å². The molecule has 0 spiro atoms. The molecule has 0 saturated carbocycles. The van der Waals surface area contributed by atoms with Crippen LogP contribution in [0.2, 0.25) is 0 Å². The van der Waals surface area contributed by atoms with Gasteiger partial charge in [-0.05, 0) is 0 Å². The fourth-order valence-corrected chi connectivity index (χ4v) is 1.49. The van der Waals surface area contributed by atoms with E-state index < -0.39 is 11.7 Å². The topological polar surface area (TPSA) is 138 Å². The van der Waals surface area contributed by atoms with E-state index in [9.17, 15) is 9.18 Å². The van der Waals surface area contributed by atoms with Crippen LogP contribution >= 0.6 is 0 Å². The lowest BCUT2D eigenvalue weighted by molar-refractivity contribution is 0.0990. The number of aryl methyl sites for hydroxylation is 1. The molecule has 0 unspecified atom stereocenters. The smallest absolute Gasteiger partial charge is 0.288 e. The quantitative estimate of drug-likeness (QED) is 0.630. The van der Waals surface area contributed by atoms with Crippen molar-refractivity contribution in [1.29, 1.82) is 0 Å². The highest BCUT2D eigenvalue weighted by molar-refractivity contribution is 5.89. The molecule has 0 fully saturated rings. The van der Waals surface area contributed by atoms with E-state index in [-0.39, 0.29) is 23.3 Å². The third-order valence-corrected chi connectivity index (χ3v) is 2.37. The highest BCUT2D eigenvalue weighted by Crippen LogP contribution is 2.18. The minimum absolute atomic E-state index is 0.0782. The first-order valence-electron chi connectivity index (χ1n) is 5.70. The maximum atomic E-state index is 13.8. The molecule has 2 aromatic heterocycles. The average molecular weight is 280 g/mol. The minimum atomic E-state index is -0.803. The van der Waals surface area contributed by atoms with Gasteiger partial charge in [-0.1, -0.05) is 0 Å². The van der Waals surface area contributed by atoms with Crippen LogP contribution in [0.3, 0.4) is 0 Å². The van der Waals surface area contributed by atoms with Crippen molar-refractivity contribution in [3.05, 3.63) is 17.8 Å². The van der Waals surface area contributed by atoms with Gasteiger partial charge in [-0.3, -0.25) is 4.79 Å². The van der Waals surface area contributed by atoms with E-state index in [0.717, 1.165) is 6.20 Å². The van der Waals surface area contributed by atoms with Gasteiger partial charge in [0.15, 0.2) is 11.6 Å². The fraction of sp³-hybridized carbons (Fsp3) is 0.300. The minimum Gasteiger partial charge on any atom is -0.363 e. The van der Waals surface area contributed by atoms with Gasteiger partial charge in [0.1, 0.15) is 5.69 Å². The molecule has 10 heteroatoms. The first kappa shape index (κ1) is 13.8. The molecule has 0 atom stereocenters. The summed E-state index contributed by atoms with van der Waals surface area (Å²) in [6.45, 7) is 0.822. The van der Waals surface area contributed by atoms with Crippen LogP contribution in [-0.2, 0) is 7.05 Å². The summed E-state index contributed by atoms with van der Waals surface area (Å²) in [5.41, 5.74) is 10.3. The summed E-state index contributed by atoms with van der Waals surface area (Å²) in [6, 6.07) is 0. The zero-order chi connectivity index (χ0) is 14.7. The van der Waals surface area contributed by atoms with Crippen LogP contribution in [0.5, 0.6) is 0 Å². The van der Waals surface area contributed by atoms with E-state index in [1.165, 1.54) is 11.7 Å². The van der Waals surface area contributed by atoms with Gasteiger partial charge in [0.25, 0.3) is 5.91 Å². The van der Waals surface area contributed by atoms with Gasteiger partial charge >= 0.3 is 0 Å². The van der Waals surface area contributed by atoms with E-state index >= 15 is 0 Å². The molecule has 106 valence electrons. The van der Waals surface area contributed by atoms with E-state index in [1.807, 2.05) is 0 Å². The summed E-state index contributed by atoms with van der Waals surface area (Å²) >= 11 is 0. The zero-order valence-electron chi connectivity index (χ0n) is 10.7. The number of anilines is 1. The van der Waals surface area contributed by atoms with Crippen molar-refractivity contribution in [3.8, 4) is 11.5 Å². The van der Waals surface area contributed by atoms with Gasteiger partial charge in [0.05, 0.1) is 6.20 Å². The number of primary amides is 1. The maximum absolute atomic E-state index is 13.8. The second kappa shape index (κ2) is 5.57. The lowest BCUT2D eigenvalue weighted by atomic mass is 10.3. The number of carbonyl (C=O) groups excluding carboxylic acids is 1. The summed E-state index contributed by atoms with van der Waals surface area (Å²) in [6.07, 6.45) is 1.000. The number of hydrogen-bond acceptors (Lipinski definition) is 7. The van der Waals surface area contributed by atoms with Gasteiger partial charge in [0, 0.05) is 20.1 Å². The van der Waals surface area contributed by atoms with Crippen LogP contribution in [0, 0.1) is 5.82 Å². The molecule has 9 nitrogen and oxygen atoms in total. The molecule has 0 aliphatic rings. The Labute approximate surface area is 113 Å². The molecule has 1 amide bonds. The average Bonchev–Trinajstić information content (AvgIpc) is 2.80. The number of nitrogens with two attached hydrogens (primary N) is 2. The van der Waals surface area contributed by atoms with Gasteiger partial charge < -0.3 is 16.8 Å². The number of nitrogens with zero attached hydrogens (tertiary/aromatic N) is 5. The Hall–Kier alpha value is -2.62. The number of rotatable bonds is 5. The van der Waals surface area contributed by atoms with Crippen LogP contribution in [0.1, 0.15) is 10.6 Å². The monoisotopic (exact) mass is 280 g/mol. The summed E-state index contributed by atoms with van der Waals surface area (Å²) in [5, 5.41) is 6.60. The standard InChI is InChI=1S/C10H13FN8O/c1-19-9(17-8(18-19)7(13)20)6-5(11)4-15-10(16-6)14-3-2-12/h4H,2-3,12H2,1H3,(H2,13,20)(H,14,15,16). The molecular formula is C10H13FN8O. The van der Waals surface area contributed by atoms with Crippen LogP contribution in [0.4, 0.5) is 10.3 Å². The van der Waals surface area contributed by atoms with E-state index in [4.69, 9.17) is 11.5 Å². The van der Waals surface area contributed by atoms with Crippen LogP contribution < -0.4 is 16.8 Å². The maximum Gasteiger partial charge on any atom is 0.288 e. The highest BCUT2D eigenvalue weighted by atomic mass is 19.1. The van der Waals surface area contributed by atoms with Crippen molar-refractivity contribution in [2.75, 3.05) is 18.4 Å². The van der Waals surface area contributed by atoms with Gasteiger partial charge in [0.2, 0.25) is 11.8 Å². The normalized spacial score (nSPS) is 10.6. The van der Waals surface area contributed by atoms with Crippen molar-refractivity contribution in [2.24, 2.45) is 18.5 Å². The fourth-order valence-electron chi connectivity index (χ4n) is 1.49. The Morgan fingerprint density at radius 2 is 2.25 bits per heavy atom. The number of halogens is 1. The third-order valence-electron chi connectivity index (χ3n) is 2.37. The summed E-state index contributed by atoms with van der Waals surface area (Å²) in [7, 11) is 1.50. The van der Waals surface area contributed by atoms with E-state index in [1.54, 1.807) is 0 Å². The zero-order valence-corrected chi connectivity index (χ0v) is 10.7. The summed E-state index contributed by atoms with van der Waals surface area (Å²) in [4.78, 5) is 22.6. The molecule has 2 heterocycles. The molecule has 5 N–H and O–H groups in total. The lowest BCUT2D eigenvalue weighted by Crippen LogP contribution is -2.15. The second-order valence-corrected chi connectivity index (χ2v) is 3.85. The first-order chi connectivity index (χ1) is 9.52. The SMILES string of the molecule is Cn1nc(C(N)=O)nc1-c1nc(NCCN)ncc1F. The van der Waals surface area contributed by atoms with Crippen molar-refractivity contribution in [1.82, 2.24) is 24.7 Å². The van der Waals surface area contributed by atoms with Gasteiger partial charge in [-0.15, -0.1) is 5.10 Å². The van der Waals surface area contributed by atoms with Crippen molar-refractivity contribution >= 4 is 11.9 Å². The molecule has 0 aliphatic heterocycles. The van der Waals surface area contributed by atoms with Crippen molar-refractivity contribution in [2.45, 2.75) is 0 Å². The Kier molecular flexibility index (Phi) is 3.84. The summed E-state index contributed by atoms with van der Waals surface area (Å²) < 4.78 is 15.0. The predicted molar refractivity (Wildman–Crippen MR) is 68.0 cm³/mol. The number of hydrogen-bond donors (Lipinski definition) is 3. The largest absolute Gasteiger partial charge is 0.363 e. The second-order valence-electron chi connectivity index (χ2n) is 3.85. The molecule has 0 aromatic carbocycles. The molecule has 0 aliphatic carbocycles. The number of aromatic nitrogens is 5. The predicted octanol–water partition coefficient (Wildman–Crippen LogP) is -1.12. The number of amides is 1. The van der Waals surface area contributed by atoms with Crippen LogP contribution in [0.15, 0.2) is 6.20 Å². The van der Waals surface area contributed by atoms with Gasteiger partial charge in [-0.25, -0.2) is 24.0 Å².